The molecule has 0 atom stereocenters. The number of anilines is 1. The van der Waals surface area contributed by atoms with Crippen molar-refractivity contribution in [3.63, 3.8) is 0 Å². The van der Waals surface area contributed by atoms with Crippen LogP contribution in [0, 0.1) is 6.92 Å². The van der Waals surface area contributed by atoms with Gasteiger partial charge in [-0.1, -0.05) is 22.4 Å². The molecule has 0 aliphatic rings. The Morgan fingerprint density at radius 2 is 2.15 bits per heavy atom. The monoisotopic (exact) mass is 274 g/mol. The lowest BCUT2D eigenvalue weighted by molar-refractivity contribution is 0.0957. The van der Waals surface area contributed by atoms with Crippen LogP contribution in [0.2, 0.25) is 0 Å². The number of carbonyl (C=O) groups excluding carboxylic acids is 1. The fraction of sp³-hybridized carbons (Fsp3) is 0.154. The Morgan fingerprint density at radius 1 is 1.45 bits per heavy atom. The van der Waals surface area contributed by atoms with Crippen LogP contribution < -0.4 is 10.6 Å². The van der Waals surface area contributed by atoms with Crippen molar-refractivity contribution in [1.29, 1.82) is 0 Å². The third-order valence-corrected chi connectivity index (χ3v) is 2.79. The van der Waals surface area contributed by atoms with Gasteiger partial charge in [0.2, 0.25) is 5.76 Å². The van der Waals surface area contributed by atoms with Crippen molar-refractivity contribution in [2.45, 2.75) is 6.92 Å². The summed E-state index contributed by atoms with van der Waals surface area (Å²) in [5.74, 6) is -0.322. The summed E-state index contributed by atoms with van der Waals surface area (Å²) >= 11 is 0. The van der Waals surface area contributed by atoms with E-state index in [0.29, 0.717) is 16.9 Å². The molecule has 1 aromatic heterocycles. The van der Waals surface area contributed by atoms with Gasteiger partial charge in [0.05, 0.1) is 11.4 Å². The van der Waals surface area contributed by atoms with Crippen LogP contribution in [-0.2, 0) is 0 Å². The number of aryl methyl sites for hydroxylation is 1. The standard InChI is InChI=1S/C13H14N4O3/c1-8-7-11(20-16-8)13(18)17(2)10-6-4-3-5-9(10)12(14)15-19/h3-7,19H,1-2H3,(H2,14,15). The van der Waals surface area contributed by atoms with Gasteiger partial charge in [-0.05, 0) is 19.1 Å². The minimum Gasteiger partial charge on any atom is -0.409 e. The summed E-state index contributed by atoms with van der Waals surface area (Å²) in [4.78, 5) is 13.6. The highest BCUT2D eigenvalue weighted by Crippen LogP contribution is 2.21. The zero-order chi connectivity index (χ0) is 14.7. The molecule has 104 valence electrons. The predicted octanol–water partition coefficient (Wildman–Crippen LogP) is 1.35. The molecule has 0 saturated heterocycles. The van der Waals surface area contributed by atoms with Gasteiger partial charge < -0.3 is 20.4 Å². The number of nitrogens with zero attached hydrogens (tertiary/aromatic N) is 3. The number of oxime groups is 1. The Bertz CT molecular complexity index is 663. The molecule has 0 spiro atoms. The smallest absolute Gasteiger partial charge is 0.296 e. The second-order valence-electron chi connectivity index (χ2n) is 4.20. The lowest BCUT2D eigenvalue weighted by atomic mass is 10.1. The molecule has 7 heteroatoms. The number of hydrogen-bond donors (Lipinski definition) is 2. The molecule has 1 aromatic carbocycles. The van der Waals surface area contributed by atoms with Crippen molar-refractivity contribution in [2.24, 2.45) is 10.9 Å². The topological polar surface area (TPSA) is 105 Å². The van der Waals surface area contributed by atoms with E-state index in [4.69, 9.17) is 15.5 Å². The zero-order valence-corrected chi connectivity index (χ0v) is 11.1. The molecular formula is C13H14N4O3. The first-order valence-corrected chi connectivity index (χ1v) is 5.83. The minimum atomic E-state index is -0.371. The molecule has 7 nitrogen and oxygen atoms in total. The molecule has 1 heterocycles. The normalized spacial score (nSPS) is 11.4. The van der Waals surface area contributed by atoms with E-state index in [2.05, 4.69) is 10.3 Å². The Kier molecular flexibility index (Phi) is 3.69. The lowest BCUT2D eigenvalue weighted by Crippen LogP contribution is -2.28. The first-order chi connectivity index (χ1) is 9.54. The third kappa shape index (κ3) is 2.46. The Hall–Kier alpha value is -2.83. The molecule has 1 amide bonds. The molecular weight excluding hydrogens is 260 g/mol. The molecule has 0 saturated carbocycles. The molecule has 0 radical (unpaired) electrons. The average molecular weight is 274 g/mol. The number of amidine groups is 1. The van der Waals surface area contributed by atoms with Gasteiger partial charge in [0.1, 0.15) is 0 Å². The van der Waals surface area contributed by atoms with Gasteiger partial charge in [-0.3, -0.25) is 4.79 Å². The molecule has 20 heavy (non-hydrogen) atoms. The van der Waals surface area contributed by atoms with Crippen LogP contribution in [0.15, 0.2) is 40.0 Å². The molecule has 0 bridgehead atoms. The van der Waals surface area contributed by atoms with Gasteiger partial charge >= 0.3 is 0 Å². The number of rotatable bonds is 3. The number of amides is 1. The maximum absolute atomic E-state index is 12.3. The van der Waals surface area contributed by atoms with E-state index in [9.17, 15) is 4.79 Å². The van der Waals surface area contributed by atoms with E-state index in [0.717, 1.165) is 0 Å². The van der Waals surface area contributed by atoms with Gasteiger partial charge in [0.15, 0.2) is 5.84 Å². The highest BCUT2D eigenvalue weighted by atomic mass is 16.5. The fourth-order valence-electron chi connectivity index (χ4n) is 1.78. The number of nitrogens with two attached hydrogens (primary N) is 1. The van der Waals surface area contributed by atoms with E-state index in [1.54, 1.807) is 44.3 Å². The van der Waals surface area contributed by atoms with Gasteiger partial charge in [0.25, 0.3) is 5.91 Å². The molecule has 0 aliphatic carbocycles. The highest BCUT2D eigenvalue weighted by molar-refractivity contribution is 6.09. The Morgan fingerprint density at radius 3 is 2.75 bits per heavy atom. The second-order valence-corrected chi connectivity index (χ2v) is 4.20. The quantitative estimate of drug-likeness (QED) is 0.380. The summed E-state index contributed by atoms with van der Waals surface area (Å²) in [5, 5.41) is 15.4. The fourth-order valence-corrected chi connectivity index (χ4v) is 1.78. The van der Waals surface area contributed by atoms with Crippen molar-refractivity contribution < 1.29 is 14.5 Å². The second kappa shape index (κ2) is 5.43. The molecule has 0 fully saturated rings. The third-order valence-electron chi connectivity index (χ3n) is 2.79. The van der Waals surface area contributed by atoms with Crippen LogP contribution in [0.25, 0.3) is 0 Å². The van der Waals surface area contributed by atoms with E-state index in [1.807, 2.05) is 0 Å². The minimum absolute atomic E-state index is 0.0750. The van der Waals surface area contributed by atoms with Crippen LogP contribution in [0.5, 0.6) is 0 Å². The van der Waals surface area contributed by atoms with Crippen molar-refractivity contribution in [3.8, 4) is 0 Å². The van der Waals surface area contributed by atoms with E-state index in [-0.39, 0.29) is 17.5 Å². The van der Waals surface area contributed by atoms with Gasteiger partial charge in [-0.25, -0.2) is 0 Å². The Balaban J connectivity index is 2.39. The van der Waals surface area contributed by atoms with Crippen LogP contribution in [0.1, 0.15) is 21.8 Å². The summed E-state index contributed by atoms with van der Waals surface area (Å²) in [6.07, 6.45) is 0. The number of carbonyl (C=O) groups is 1. The van der Waals surface area contributed by atoms with E-state index < -0.39 is 0 Å². The van der Waals surface area contributed by atoms with E-state index >= 15 is 0 Å². The SMILES string of the molecule is Cc1cc(C(=O)N(C)c2ccccc2/C(N)=N/O)on1. The maximum atomic E-state index is 12.3. The maximum Gasteiger partial charge on any atom is 0.296 e. The molecule has 2 aromatic rings. The first-order valence-electron chi connectivity index (χ1n) is 5.83. The Labute approximate surface area is 115 Å². The first kappa shape index (κ1) is 13.6. The number of benzene rings is 1. The summed E-state index contributed by atoms with van der Waals surface area (Å²) in [5.41, 5.74) is 7.17. The number of aromatic nitrogens is 1. The van der Waals surface area contributed by atoms with Crippen LogP contribution in [0.3, 0.4) is 0 Å². The highest BCUT2D eigenvalue weighted by Gasteiger charge is 2.21. The van der Waals surface area contributed by atoms with Crippen molar-refractivity contribution in [3.05, 3.63) is 47.3 Å². The average Bonchev–Trinajstić information content (AvgIpc) is 2.91. The van der Waals surface area contributed by atoms with Gasteiger partial charge in [-0.15, -0.1) is 0 Å². The summed E-state index contributed by atoms with van der Waals surface area (Å²) in [7, 11) is 1.57. The summed E-state index contributed by atoms with van der Waals surface area (Å²) in [6.45, 7) is 1.73. The molecule has 2 rings (SSSR count). The lowest BCUT2D eigenvalue weighted by Gasteiger charge is -2.18. The van der Waals surface area contributed by atoms with E-state index in [1.165, 1.54) is 4.90 Å². The zero-order valence-electron chi connectivity index (χ0n) is 11.1. The summed E-state index contributed by atoms with van der Waals surface area (Å²) in [6, 6.07) is 8.37. The molecule has 3 N–H and O–H groups in total. The van der Waals surface area contributed by atoms with Crippen molar-refractivity contribution in [1.82, 2.24) is 5.16 Å². The van der Waals surface area contributed by atoms with Gasteiger partial charge in [0, 0.05) is 18.7 Å². The van der Waals surface area contributed by atoms with Crippen LogP contribution in [-0.4, -0.2) is 29.2 Å². The number of hydrogen-bond acceptors (Lipinski definition) is 5. The van der Waals surface area contributed by atoms with Crippen molar-refractivity contribution in [2.75, 3.05) is 11.9 Å². The van der Waals surface area contributed by atoms with Gasteiger partial charge in [-0.2, -0.15) is 0 Å². The summed E-state index contributed by atoms with van der Waals surface area (Å²) < 4.78 is 4.94. The molecule has 0 aliphatic heterocycles. The van der Waals surface area contributed by atoms with Crippen LogP contribution >= 0.6 is 0 Å². The van der Waals surface area contributed by atoms with Crippen LogP contribution in [0.4, 0.5) is 5.69 Å². The van der Waals surface area contributed by atoms with Crippen molar-refractivity contribution >= 4 is 17.4 Å². The number of para-hydroxylation sites is 1. The largest absolute Gasteiger partial charge is 0.409 e. The molecule has 0 unspecified atom stereocenters. The predicted molar refractivity (Wildman–Crippen MR) is 72.9 cm³/mol.